The van der Waals surface area contributed by atoms with Crippen LogP contribution < -0.4 is 0 Å². The molecule has 0 aromatic rings. The number of nitrogens with zero attached hydrogens (tertiary/aromatic N) is 2. The molecule has 0 spiro atoms. The number of likely N-dealkylation sites (tertiary alicyclic amines) is 2. The molecule has 2 fully saturated rings. The van der Waals surface area contributed by atoms with Crippen LogP contribution in [0.5, 0.6) is 0 Å². The van der Waals surface area contributed by atoms with Gasteiger partial charge in [-0.3, -0.25) is 4.90 Å². The molecule has 2 rings (SSSR count). The van der Waals surface area contributed by atoms with Crippen LogP contribution in [0.1, 0.15) is 25.7 Å². The van der Waals surface area contributed by atoms with E-state index >= 15 is 0 Å². The first-order valence-corrected chi connectivity index (χ1v) is 6.92. The third kappa shape index (κ3) is 4.12. The molecule has 0 saturated carbocycles. The predicted molar refractivity (Wildman–Crippen MR) is 65.4 cm³/mol. The molecular formula is C13H23F3N2. The van der Waals surface area contributed by atoms with Crippen LogP contribution in [0.3, 0.4) is 0 Å². The quantitative estimate of drug-likeness (QED) is 0.756. The molecule has 2 nitrogen and oxygen atoms in total. The first-order chi connectivity index (χ1) is 8.44. The summed E-state index contributed by atoms with van der Waals surface area (Å²) in [6, 6.07) is 0. The lowest BCUT2D eigenvalue weighted by molar-refractivity contribution is -0.149. The Hall–Kier alpha value is -0.290. The van der Waals surface area contributed by atoms with Gasteiger partial charge in [0.05, 0.1) is 6.54 Å². The van der Waals surface area contributed by atoms with Gasteiger partial charge in [-0.15, -0.1) is 0 Å². The zero-order valence-electron chi connectivity index (χ0n) is 11.0. The molecule has 0 aromatic heterocycles. The molecule has 2 aliphatic heterocycles. The van der Waals surface area contributed by atoms with Crippen molar-refractivity contribution in [3.05, 3.63) is 0 Å². The summed E-state index contributed by atoms with van der Waals surface area (Å²) < 4.78 is 36.9. The molecule has 0 unspecified atom stereocenters. The van der Waals surface area contributed by atoms with Gasteiger partial charge in [-0.25, -0.2) is 0 Å². The molecule has 0 radical (unpaired) electrons. The number of hydrogen-bond acceptors (Lipinski definition) is 2. The van der Waals surface area contributed by atoms with E-state index in [1.54, 1.807) is 4.90 Å². The fraction of sp³-hybridized carbons (Fsp3) is 1.00. The van der Waals surface area contributed by atoms with Crippen molar-refractivity contribution in [3.63, 3.8) is 0 Å². The molecule has 0 aliphatic carbocycles. The van der Waals surface area contributed by atoms with Crippen LogP contribution in [0.15, 0.2) is 0 Å². The Morgan fingerprint density at radius 2 is 1.33 bits per heavy atom. The minimum Gasteiger partial charge on any atom is -0.306 e. The van der Waals surface area contributed by atoms with Gasteiger partial charge in [-0.2, -0.15) is 13.2 Å². The number of alkyl halides is 3. The van der Waals surface area contributed by atoms with E-state index in [-0.39, 0.29) is 0 Å². The van der Waals surface area contributed by atoms with Gasteiger partial charge in [0.15, 0.2) is 0 Å². The zero-order chi connectivity index (χ0) is 13.2. The van der Waals surface area contributed by atoms with Crippen molar-refractivity contribution in [1.82, 2.24) is 9.80 Å². The van der Waals surface area contributed by atoms with Crippen molar-refractivity contribution < 1.29 is 13.2 Å². The second-order valence-electron chi connectivity index (χ2n) is 5.87. The fourth-order valence-electron chi connectivity index (χ4n) is 3.34. The van der Waals surface area contributed by atoms with Crippen LogP contribution in [0.2, 0.25) is 0 Å². The van der Waals surface area contributed by atoms with E-state index in [0.29, 0.717) is 19.0 Å². The Morgan fingerprint density at radius 3 is 1.78 bits per heavy atom. The lowest BCUT2D eigenvalue weighted by Gasteiger charge is -2.39. The van der Waals surface area contributed by atoms with Crippen molar-refractivity contribution in [2.24, 2.45) is 11.8 Å². The van der Waals surface area contributed by atoms with Crippen molar-refractivity contribution in [3.8, 4) is 0 Å². The normalized spacial score (nSPS) is 26.7. The topological polar surface area (TPSA) is 6.48 Å². The third-order valence-corrected chi connectivity index (χ3v) is 4.47. The summed E-state index contributed by atoms with van der Waals surface area (Å²) in [6.07, 6.45) is 0.302. The molecule has 2 heterocycles. The first kappa shape index (κ1) is 14.1. The largest absolute Gasteiger partial charge is 0.401 e. The van der Waals surface area contributed by atoms with Crippen molar-refractivity contribution in [1.29, 1.82) is 0 Å². The molecule has 0 N–H and O–H groups in total. The van der Waals surface area contributed by atoms with Gasteiger partial charge in [0, 0.05) is 0 Å². The fourth-order valence-corrected chi connectivity index (χ4v) is 3.34. The van der Waals surface area contributed by atoms with E-state index in [1.807, 2.05) is 0 Å². The summed E-state index contributed by atoms with van der Waals surface area (Å²) in [4.78, 5) is 3.90. The van der Waals surface area contributed by atoms with E-state index in [9.17, 15) is 13.2 Å². The first-order valence-electron chi connectivity index (χ1n) is 6.92. The lowest BCUT2D eigenvalue weighted by Crippen LogP contribution is -2.43. The molecule has 0 amide bonds. The summed E-state index contributed by atoms with van der Waals surface area (Å²) in [5, 5.41) is 0. The van der Waals surface area contributed by atoms with Crippen LogP contribution in [0.25, 0.3) is 0 Å². The summed E-state index contributed by atoms with van der Waals surface area (Å²) >= 11 is 0. The Labute approximate surface area is 107 Å². The van der Waals surface area contributed by atoms with E-state index in [4.69, 9.17) is 0 Å². The smallest absolute Gasteiger partial charge is 0.306 e. The van der Waals surface area contributed by atoms with Crippen LogP contribution in [-0.2, 0) is 0 Å². The average Bonchev–Trinajstić information content (AvgIpc) is 2.29. The van der Waals surface area contributed by atoms with Crippen molar-refractivity contribution in [2.45, 2.75) is 31.9 Å². The molecule has 2 saturated heterocycles. The van der Waals surface area contributed by atoms with Crippen LogP contribution in [0, 0.1) is 11.8 Å². The molecule has 2 aliphatic rings. The van der Waals surface area contributed by atoms with Crippen molar-refractivity contribution in [2.75, 3.05) is 39.8 Å². The van der Waals surface area contributed by atoms with Gasteiger partial charge in [-0.1, -0.05) is 0 Å². The standard InChI is InChI=1S/C13H23F3N2/c1-17-6-2-11(3-7-17)12-4-8-18(9-5-12)10-13(14,15)16/h11-12H,2-10H2,1H3. The Bertz CT molecular complexity index is 251. The van der Waals surface area contributed by atoms with Gasteiger partial charge in [0.2, 0.25) is 0 Å². The SMILES string of the molecule is CN1CCC(C2CCN(CC(F)(F)F)CC2)CC1. The van der Waals surface area contributed by atoms with E-state index in [1.165, 1.54) is 12.8 Å². The average molecular weight is 264 g/mol. The van der Waals surface area contributed by atoms with Crippen LogP contribution in [-0.4, -0.2) is 55.7 Å². The third-order valence-electron chi connectivity index (χ3n) is 4.47. The van der Waals surface area contributed by atoms with Gasteiger partial charge in [0.25, 0.3) is 0 Å². The number of hydrogen-bond donors (Lipinski definition) is 0. The van der Waals surface area contributed by atoms with E-state index < -0.39 is 12.7 Å². The summed E-state index contributed by atoms with van der Waals surface area (Å²) in [6.45, 7) is 2.81. The maximum absolute atomic E-state index is 12.3. The van der Waals surface area contributed by atoms with Gasteiger partial charge in [-0.05, 0) is 70.7 Å². The molecular weight excluding hydrogens is 241 g/mol. The predicted octanol–water partition coefficient (Wildman–Crippen LogP) is 2.60. The summed E-state index contributed by atoms with van der Waals surface area (Å²) in [5.74, 6) is 1.40. The minimum absolute atomic E-state index is 0.622. The van der Waals surface area contributed by atoms with Crippen LogP contribution >= 0.6 is 0 Å². The van der Waals surface area contributed by atoms with Gasteiger partial charge in [0.1, 0.15) is 0 Å². The second-order valence-corrected chi connectivity index (χ2v) is 5.87. The zero-order valence-corrected chi connectivity index (χ0v) is 11.0. The van der Waals surface area contributed by atoms with Gasteiger partial charge >= 0.3 is 6.18 Å². The minimum atomic E-state index is -4.04. The molecule has 5 heteroatoms. The summed E-state index contributed by atoms with van der Waals surface area (Å²) in [5.41, 5.74) is 0. The number of piperidine rings is 2. The highest BCUT2D eigenvalue weighted by molar-refractivity contribution is 4.82. The highest BCUT2D eigenvalue weighted by atomic mass is 19.4. The second kappa shape index (κ2) is 5.78. The summed E-state index contributed by atoms with van der Waals surface area (Å²) in [7, 11) is 2.14. The highest BCUT2D eigenvalue weighted by Crippen LogP contribution is 2.32. The molecule has 0 bridgehead atoms. The molecule has 18 heavy (non-hydrogen) atoms. The van der Waals surface area contributed by atoms with E-state index in [2.05, 4.69) is 11.9 Å². The van der Waals surface area contributed by atoms with E-state index in [0.717, 1.165) is 31.8 Å². The molecule has 0 aromatic carbocycles. The highest BCUT2D eigenvalue weighted by Gasteiger charge is 2.34. The Kier molecular flexibility index (Phi) is 4.54. The lowest BCUT2D eigenvalue weighted by atomic mass is 9.79. The maximum Gasteiger partial charge on any atom is 0.401 e. The number of halogens is 3. The Morgan fingerprint density at radius 1 is 0.889 bits per heavy atom. The van der Waals surface area contributed by atoms with Crippen molar-refractivity contribution >= 4 is 0 Å². The monoisotopic (exact) mass is 264 g/mol. The molecule has 106 valence electrons. The molecule has 0 atom stereocenters. The Balaban J connectivity index is 1.73. The maximum atomic E-state index is 12.3. The van der Waals surface area contributed by atoms with Gasteiger partial charge < -0.3 is 4.90 Å². The van der Waals surface area contributed by atoms with Crippen LogP contribution in [0.4, 0.5) is 13.2 Å². The number of rotatable bonds is 2.